The highest BCUT2D eigenvalue weighted by Gasteiger charge is 2.23. The monoisotopic (exact) mass is 376 g/mol. The van der Waals surface area contributed by atoms with Crippen molar-refractivity contribution >= 4 is 0 Å². The second-order valence-electron chi connectivity index (χ2n) is 7.46. The van der Waals surface area contributed by atoms with Gasteiger partial charge in [0.25, 0.3) is 0 Å². The van der Waals surface area contributed by atoms with Gasteiger partial charge in [0.05, 0.1) is 30.7 Å². The number of fused-ring (bicyclic) bond motifs is 2. The first kappa shape index (κ1) is 17.3. The average Bonchev–Trinajstić information content (AvgIpc) is 3.31. The van der Waals surface area contributed by atoms with Crippen molar-refractivity contribution in [1.82, 2.24) is 30.0 Å². The number of aromatic nitrogens is 4. The predicted octanol–water partition coefficient (Wildman–Crippen LogP) is 1.89. The normalized spacial score (nSPS) is 16.0. The van der Waals surface area contributed by atoms with E-state index in [9.17, 15) is 0 Å². The number of rotatable bonds is 5. The summed E-state index contributed by atoms with van der Waals surface area (Å²) in [6.45, 7) is 5.45. The third-order valence-electron chi connectivity index (χ3n) is 5.40. The number of hydrogen-bond acceptors (Lipinski definition) is 6. The van der Waals surface area contributed by atoms with E-state index in [0.29, 0.717) is 0 Å². The van der Waals surface area contributed by atoms with Gasteiger partial charge in [0, 0.05) is 50.9 Å². The van der Waals surface area contributed by atoms with Gasteiger partial charge in [-0.2, -0.15) is 5.10 Å². The highest BCUT2D eigenvalue weighted by Crippen LogP contribution is 2.23. The van der Waals surface area contributed by atoms with Crippen LogP contribution in [0.4, 0.5) is 0 Å². The molecule has 5 rings (SSSR count). The third kappa shape index (κ3) is 3.50. The van der Waals surface area contributed by atoms with E-state index in [1.165, 1.54) is 16.8 Å². The van der Waals surface area contributed by atoms with Crippen LogP contribution in [-0.4, -0.2) is 38.3 Å². The van der Waals surface area contributed by atoms with Gasteiger partial charge in [-0.3, -0.25) is 9.58 Å². The maximum atomic E-state index is 5.22. The molecule has 3 aromatic rings. The molecule has 0 saturated heterocycles. The van der Waals surface area contributed by atoms with E-state index in [-0.39, 0.29) is 0 Å². The number of hydrogen-bond donors (Lipinski definition) is 1. The number of methoxy groups -OCH3 is 1. The van der Waals surface area contributed by atoms with E-state index in [2.05, 4.69) is 38.1 Å². The molecule has 1 N–H and O–H groups in total. The summed E-state index contributed by atoms with van der Waals surface area (Å²) >= 11 is 0. The molecule has 7 nitrogen and oxygen atoms in total. The predicted molar refractivity (Wildman–Crippen MR) is 105 cm³/mol. The van der Waals surface area contributed by atoms with E-state index in [1.807, 2.05) is 18.3 Å². The summed E-state index contributed by atoms with van der Waals surface area (Å²) in [6.07, 6.45) is 2.72. The Morgan fingerprint density at radius 2 is 2.07 bits per heavy atom. The van der Waals surface area contributed by atoms with E-state index in [4.69, 9.17) is 14.8 Å². The molecule has 0 unspecified atom stereocenters. The lowest BCUT2D eigenvalue weighted by Crippen LogP contribution is -2.28. The smallest absolute Gasteiger partial charge is 0.132 e. The number of ether oxygens (including phenoxy) is 1. The zero-order chi connectivity index (χ0) is 18.9. The second kappa shape index (κ2) is 7.33. The molecule has 0 spiro atoms. The van der Waals surface area contributed by atoms with Gasteiger partial charge in [-0.25, -0.2) is 9.97 Å². The molecular weight excluding hydrogens is 352 g/mol. The largest absolute Gasteiger partial charge is 0.497 e. The molecular formula is C21H24N6O. The fraction of sp³-hybridized carbons (Fsp3) is 0.381. The van der Waals surface area contributed by atoms with Gasteiger partial charge in [0.15, 0.2) is 0 Å². The maximum absolute atomic E-state index is 5.22. The Morgan fingerprint density at radius 1 is 1.18 bits per heavy atom. The van der Waals surface area contributed by atoms with E-state index in [1.54, 1.807) is 7.11 Å². The second-order valence-corrected chi connectivity index (χ2v) is 7.46. The van der Waals surface area contributed by atoms with Crippen LogP contribution in [0.2, 0.25) is 0 Å². The molecule has 0 atom stereocenters. The SMILES string of the molecule is COc1ccc(Cc2ncc3c(n2)CN(Cc2cc4n(n2)CCNC4)C3)cc1. The van der Waals surface area contributed by atoms with E-state index in [0.717, 1.165) is 68.7 Å². The van der Waals surface area contributed by atoms with Crippen LogP contribution in [0, 0.1) is 0 Å². The fourth-order valence-electron chi connectivity index (χ4n) is 3.94. The fourth-order valence-corrected chi connectivity index (χ4v) is 3.94. The average molecular weight is 376 g/mol. The standard InChI is InChI=1S/C21H24N6O/c1-28-19-4-2-15(3-5-19)8-21-23-10-16-12-26(14-20(16)24-21)13-17-9-18-11-22-6-7-27(18)25-17/h2-5,9-10,22H,6-8,11-14H2,1H3. The van der Waals surface area contributed by atoms with Crippen molar-refractivity contribution in [3.8, 4) is 5.75 Å². The summed E-state index contributed by atoms with van der Waals surface area (Å²) in [4.78, 5) is 11.8. The van der Waals surface area contributed by atoms with Gasteiger partial charge < -0.3 is 10.1 Å². The topological polar surface area (TPSA) is 68.1 Å². The lowest BCUT2D eigenvalue weighted by Gasteiger charge is -2.13. The lowest BCUT2D eigenvalue weighted by atomic mass is 10.1. The molecule has 0 radical (unpaired) electrons. The Labute approximate surface area is 164 Å². The molecule has 0 aliphatic carbocycles. The Bertz CT molecular complexity index is 958. The summed E-state index contributed by atoms with van der Waals surface area (Å²) in [6, 6.07) is 10.3. The van der Waals surface area contributed by atoms with Crippen LogP contribution < -0.4 is 10.1 Å². The van der Waals surface area contributed by atoms with Crippen LogP contribution in [-0.2, 0) is 39.1 Å². The molecule has 2 aliphatic rings. The van der Waals surface area contributed by atoms with Crippen molar-refractivity contribution in [1.29, 1.82) is 0 Å². The number of nitrogens with zero attached hydrogens (tertiary/aromatic N) is 5. The van der Waals surface area contributed by atoms with Gasteiger partial charge in [-0.15, -0.1) is 0 Å². The zero-order valence-electron chi connectivity index (χ0n) is 16.1. The minimum atomic E-state index is 0.734. The van der Waals surface area contributed by atoms with Crippen molar-refractivity contribution in [2.45, 2.75) is 39.1 Å². The highest BCUT2D eigenvalue weighted by molar-refractivity contribution is 5.30. The number of nitrogens with one attached hydrogen (secondary N) is 1. The van der Waals surface area contributed by atoms with Gasteiger partial charge in [-0.1, -0.05) is 12.1 Å². The van der Waals surface area contributed by atoms with Gasteiger partial charge in [0.1, 0.15) is 11.6 Å². The van der Waals surface area contributed by atoms with Crippen LogP contribution in [0.1, 0.15) is 34.0 Å². The molecule has 2 aliphatic heterocycles. The minimum absolute atomic E-state index is 0.734. The molecule has 0 bridgehead atoms. The Morgan fingerprint density at radius 3 is 2.89 bits per heavy atom. The van der Waals surface area contributed by atoms with Gasteiger partial charge >= 0.3 is 0 Å². The first-order valence-electron chi connectivity index (χ1n) is 9.72. The van der Waals surface area contributed by atoms with E-state index < -0.39 is 0 Å². The van der Waals surface area contributed by atoms with Crippen molar-refractivity contribution in [3.63, 3.8) is 0 Å². The third-order valence-corrected chi connectivity index (χ3v) is 5.40. The number of benzene rings is 1. The minimum Gasteiger partial charge on any atom is -0.497 e. The lowest BCUT2D eigenvalue weighted by molar-refractivity contribution is 0.269. The van der Waals surface area contributed by atoms with Crippen LogP contribution >= 0.6 is 0 Å². The van der Waals surface area contributed by atoms with Crippen molar-refractivity contribution < 1.29 is 4.74 Å². The maximum Gasteiger partial charge on any atom is 0.132 e. The first-order chi connectivity index (χ1) is 13.8. The molecule has 0 fully saturated rings. The summed E-state index contributed by atoms with van der Waals surface area (Å²) in [7, 11) is 1.68. The highest BCUT2D eigenvalue weighted by atomic mass is 16.5. The molecule has 7 heteroatoms. The summed E-state index contributed by atoms with van der Waals surface area (Å²) < 4.78 is 7.35. The Balaban J connectivity index is 1.25. The van der Waals surface area contributed by atoms with Crippen LogP contribution in [0.15, 0.2) is 36.5 Å². The Kier molecular flexibility index (Phi) is 4.54. The van der Waals surface area contributed by atoms with Gasteiger partial charge in [-0.05, 0) is 23.8 Å². The molecule has 4 heterocycles. The Hall–Kier alpha value is -2.77. The van der Waals surface area contributed by atoms with Crippen LogP contribution in [0.25, 0.3) is 0 Å². The molecule has 2 aromatic heterocycles. The summed E-state index contributed by atoms with van der Waals surface area (Å²) in [5.41, 5.74) is 5.97. The van der Waals surface area contributed by atoms with Crippen LogP contribution in [0.3, 0.4) is 0 Å². The summed E-state index contributed by atoms with van der Waals surface area (Å²) in [5.74, 6) is 1.74. The van der Waals surface area contributed by atoms with E-state index >= 15 is 0 Å². The van der Waals surface area contributed by atoms with Crippen molar-refractivity contribution in [3.05, 3.63) is 70.6 Å². The first-order valence-corrected chi connectivity index (χ1v) is 9.72. The van der Waals surface area contributed by atoms with Crippen LogP contribution in [0.5, 0.6) is 5.75 Å². The molecule has 28 heavy (non-hydrogen) atoms. The molecule has 1 aromatic carbocycles. The molecule has 0 saturated carbocycles. The quantitative estimate of drug-likeness (QED) is 0.734. The summed E-state index contributed by atoms with van der Waals surface area (Å²) in [5, 5.41) is 8.15. The molecule has 144 valence electrons. The van der Waals surface area contributed by atoms with Gasteiger partial charge in [0.2, 0.25) is 0 Å². The van der Waals surface area contributed by atoms with Crippen molar-refractivity contribution in [2.24, 2.45) is 0 Å². The van der Waals surface area contributed by atoms with Crippen molar-refractivity contribution in [2.75, 3.05) is 13.7 Å². The zero-order valence-corrected chi connectivity index (χ0v) is 16.1. The molecule has 0 amide bonds.